The summed E-state index contributed by atoms with van der Waals surface area (Å²) < 4.78 is 2.09. The fraction of sp³-hybridized carbons (Fsp3) is 0.429. The van der Waals surface area contributed by atoms with Gasteiger partial charge in [-0.3, -0.25) is 0 Å². The highest BCUT2D eigenvalue weighted by Crippen LogP contribution is 2.30. The Hall–Kier alpha value is -0.520. The van der Waals surface area contributed by atoms with Crippen LogP contribution in [0.5, 0.6) is 0 Å². The molecule has 0 bridgehead atoms. The Balaban J connectivity index is 1.92. The van der Waals surface area contributed by atoms with E-state index in [4.69, 9.17) is 0 Å². The average molecular weight is 311 g/mol. The van der Waals surface area contributed by atoms with Crippen LogP contribution in [0, 0.1) is 0 Å². The van der Waals surface area contributed by atoms with Crippen LogP contribution in [0.1, 0.15) is 37.3 Å². The van der Waals surface area contributed by atoms with Gasteiger partial charge in [-0.2, -0.15) is 0 Å². The minimum Gasteiger partial charge on any atom is -0.131 e. The van der Waals surface area contributed by atoms with E-state index in [1.807, 2.05) is 6.26 Å². The molecule has 0 aliphatic rings. The summed E-state index contributed by atoms with van der Waals surface area (Å²) in [5.41, 5.74) is 2.77. The van der Waals surface area contributed by atoms with Gasteiger partial charge in [0.1, 0.15) is 0 Å². The van der Waals surface area contributed by atoms with Gasteiger partial charge in [0.2, 0.25) is 0 Å². The molecule has 1 unspecified atom stereocenters. The van der Waals surface area contributed by atoms with Crippen LogP contribution in [-0.4, -0.2) is 16.5 Å². The molecule has 2 rings (SSSR count). The highest BCUT2D eigenvalue weighted by atomic mass is 32.2. The molecule has 0 fully saturated rings. The predicted molar refractivity (Wildman–Crippen MR) is 86.4 cm³/mol. The second kappa shape index (κ2) is 7.31. The van der Waals surface area contributed by atoms with Gasteiger partial charge in [-0.15, -0.1) is 10.2 Å². The van der Waals surface area contributed by atoms with Crippen LogP contribution in [0.3, 0.4) is 0 Å². The Morgan fingerprint density at radius 1 is 1.16 bits per heavy atom. The quantitative estimate of drug-likeness (QED) is 0.696. The molecule has 0 saturated heterocycles. The van der Waals surface area contributed by atoms with E-state index in [0.717, 1.165) is 14.4 Å². The maximum atomic E-state index is 4.17. The van der Waals surface area contributed by atoms with Gasteiger partial charge in [-0.1, -0.05) is 73.0 Å². The fourth-order valence-electron chi connectivity index (χ4n) is 1.66. The van der Waals surface area contributed by atoms with E-state index in [1.54, 1.807) is 34.9 Å². The molecule has 102 valence electrons. The number of rotatable bonds is 6. The van der Waals surface area contributed by atoms with Crippen LogP contribution in [0.25, 0.3) is 0 Å². The minimum absolute atomic E-state index is 0.647. The topological polar surface area (TPSA) is 25.8 Å². The summed E-state index contributed by atoms with van der Waals surface area (Å²) in [6.45, 7) is 4.50. The molecule has 0 spiro atoms. The molecule has 0 amide bonds. The lowest BCUT2D eigenvalue weighted by Crippen LogP contribution is -1.91. The molecule has 1 aromatic heterocycles. The fourth-order valence-corrected chi connectivity index (χ4v) is 4.06. The molecular formula is C14H18N2S3. The molecule has 19 heavy (non-hydrogen) atoms. The number of aromatic nitrogens is 2. The van der Waals surface area contributed by atoms with E-state index in [9.17, 15) is 0 Å². The van der Waals surface area contributed by atoms with Crippen molar-refractivity contribution in [3.8, 4) is 0 Å². The molecule has 0 radical (unpaired) electrons. The Bertz CT molecular complexity index is 508. The molecule has 5 heteroatoms. The van der Waals surface area contributed by atoms with Gasteiger partial charge >= 0.3 is 0 Å². The van der Waals surface area contributed by atoms with E-state index < -0.39 is 0 Å². The van der Waals surface area contributed by atoms with Crippen LogP contribution in [0.2, 0.25) is 0 Å². The maximum absolute atomic E-state index is 4.17. The molecule has 2 aromatic rings. The lowest BCUT2D eigenvalue weighted by molar-refractivity contribution is 0.733. The summed E-state index contributed by atoms with van der Waals surface area (Å²) in [5.74, 6) is 1.61. The second-order valence-corrected chi connectivity index (χ2v) is 7.63. The summed E-state index contributed by atoms with van der Waals surface area (Å²) in [6, 6.07) is 8.95. The maximum Gasteiger partial charge on any atom is 0.175 e. The van der Waals surface area contributed by atoms with Crippen LogP contribution in [0.4, 0.5) is 0 Å². The SMILES string of the molecule is CCC(C)c1ccc(CSc2nnc(SC)s2)cc1. The number of nitrogens with zero attached hydrogens (tertiary/aromatic N) is 2. The zero-order valence-corrected chi connectivity index (χ0v) is 13.9. The standard InChI is InChI=1S/C14H18N2S3/c1-4-10(2)12-7-5-11(6-8-12)9-18-14-16-15-13(17-3)19-14/h5-8,10H,4,9H2,1-3H3. The summed E-state index contributed by atoms with van der Waals surface area (Å²) in [5, 5.41) is 8.28. The van der Waals surface area contributed by atoms with Gasteiger partial charge in [0.15, 0.2) is 8.68 Å². The zero-order valence-electron chi connectivity index (χ0n) is 11.4. The molecule has 0 aliphatic carbocycles. The van der Waals surface area contributed by atoms with Gasteiger partial charge in [0.05, 0.1) is 0 Å². The van der Waals surface area contributed by atoms with Crippen molar-refractivity contribution in [3.05, 3.63) is 35.4 Å². The number of hydrogen-bond donors (Lipinski definition) is 0. The lowest BCUT2D eigenvalue weighted by atomic mass is 9.98. The third kappa shape index (κ3) is 4.23. The van der Waals surface area contributed by atoms with Crippen molar-refractivity contribution in [2.45, 2.75) is 40.6 Å². The van der Waals surface area contributed by atoms with Crippen molar-refractivity contribution in [3.63, 3.8) is 0 Å². The Morgan fingerprint density at radius 3 is 2.42 bits per heavy atom. The molecule has 1 atom stereocenters. The van der Waals surface area contributed by atoms with Gasteiger partial charge in [0, 0.05) is 5.75 Å². The van der Waals surface area contributed by atoms with Crippen molar-refractivity contribution in [2.24, 2.45) is 0 Å². The van der Waals surface area contributed by atoms with Crippen LogP contribution < -0.4 is 0 Å². The first-order valence-electron chi connectivity index (χ1n) is 6.32. The molecule has 2 nitrogen and oxygen atoms in total. The van der Waals surface area contributed by atoms with Gasteiger partial charge < -0.3 is 0 Å². The second-order valence-electron chi connectivity index (χ2n) is 4.38. The summed E-state index contributed by atoms with van der Waals surface area (Å²) in [7, 11) is 0. The van der Waals surface area contributed by atoms with Crippen molar-refractivity contribution in [1.82, 2.24) is 10.2 Å². The van der Waals surface area contributed by atoms with E-state index in [-0.39, 0.29) is 0 Å². The molecule has 1 aromatic carbocycles. The van der Waals surface area contributed by atoms with Crippen LogP contribution in [0.15, 0.2) is 32.9 Å². The molecule has 0 N–H and O–H groups in total. The molecule has 1 heterocycles. The highest BCUT2D eigenvalue weighted by Gasteiger charge is 2.05. The van der Waals surface area contributed by atoms with Gasteiger partial charge in [0.25, 0.3) is 0 Å². The smallest absolute Gasteiger partial charge is 0.131 e. The lowest BCUT2D eigenvalue weighted by Gasteiger charge is -2.09. The van der Waals surface area contributed by atoms with Crippen molar-refractivity contribution < 1.29 is 0 Å². The van der Waals surface area contributed by atoms with E-state index in [1.165, 1.54) is 17.5 Å². The normalized spacial score (nSPS) is 12.6. The predicted octanol–water partition coefficient (Wildman–Crippen LogP) is 5.07. The number of thioether (sulfide) groups is 2. The number of benzene rings is 1. The Morgan fingerprint density at radius 2 is 1.84 bits per heavy atom. The first kappa shape index (κ1) is 14.9. The molecule has 0 saturated carbocycles. The largest absolute Gasteiger partial charge is 0.175 e. The third-order valence-corrected chi connectivity index (χ3v) is 6.19. The Labute approximate surface area is 127 Å². The van der Waals surface area contributed by atoms with E-state index >= 15 is 0 Å². The van der Waals surface area contributed by atoms with Crippen molar-refractivity contribution in [2.75, 3.05) is 6.26 Å². The summed E-state index contributed by atoms with van der Waals surface area (Å²) in [6.07, 6.45) is 3.22. The molecule has 0 aliphatic heterocycles. The Kier molecular flexibility index (Phi) is 5.73. The third-order valence-electron chi connectivity index (χ3n) is 3.09. The van der Waals surface area contributed by atoms with E-state index in [2.05, 4.69) is 48.3 Å². The minimum atomic E-state index is 0.647. The summed E-state index contributed by atoms with van der Waals surface area (Å²) in [4.78, 5) is 0. The monoisotopic (exact) mass is 310 g/mol. The first-order valence-corrected chi connectivity index (χ1v) is 9.34. The van der Waals surface area contributed by atoms with Crippen LogP contribution in [-0.2, 0) is 5.75 Å². The van der Waals surface area contributed by atoms with Crippen molar-refractivity contribution in [1.29, 1.82) is 0 Å². The van der Waals surface area contributed by atoms with Gasteiger partial charge in [-0.25, -0.2) is 0 Å². The molecular weight excluding hydrogens is 292 g/mol. The zero-order chi connectivity index (χ0) is 13.7. The highest BCUT2D eigenvalue weighted by molar-refractivity contribution is 8.02. The van der Waals surface area contributed by atoms with Gasteiger partial charge in [-0.05, 0) is 29.7 Å². The first-order chi connectivity index (χ1) is 9.22. The average Bonchev–Trinajstić information content (AvgIpc) is 2.93. The summed E-state index contributed by atoms with van der Waals surface area (Å²) >= 11 is 5.08. The number of hydrogen-bond acceptors (Lipinski definition) is 5. The van der Waals surface area contributed by atoms with E-state index in [0.29, 0.717) is 5.92 Å². The van der Waals surface area contributed by atoms with Crippen molar-refractivity contribution >= 4 is 34.9 Å². The van der Waals surface area contributed by atoms with Crippen LogP contribution >= 0.6 is 34.9 Å².